The molecule has 0 radical (unpaired) electrons. The van der Waals surface area contributed by atoms with Crippen molar-refractivity contribution < 1.29 is 0 Å². The van der Waals surface area contributed by atoms with Gasteiger partial charge in [-0.25, -0.2) is 4.98 Å². The molecule has 13 heavy (non-hydrogen) atoms. The summed E-state index contributed by atoms with van der Waals surface area (Å²) in [6.07, 6.45) is 5.57. The molecule has 0 aromatic carbocycles. The zero-order valence-corrected chi connectivity index (χ0v) is 8.00. The molecule has 0 unspecified atom stereocenters. The van der Waals surface area contributed by atoms with Crippen molar-refractivity contribution in [2.24, 2.45) is 5.73 Å². The lowest BCUT2D eigenvalue weighted by atomic mass is 10.4. The monoisotopic (exact) mass is 193 g/mol. The minimum absolute atomic E-state index is 0.634. The predicted molar refractivity (Wildman–Crippen MR) is 53.5 cm³/mol. The van der Waals surface area contributed by atoms with Crippen molar-refractivity contribution in [2.75, 3.05) is 0 Å². The van der Waals surface area contributed by atoms with Crippen LogP contribution in [0.5, 0.6) is 0 Å². The molecule has 0 atom stereocenters. The SMILES string of the molecule is NCc1ccc(Cn2ccnc2)s1. The molecular formula is C9H11N3S. The Morgan fingerprint density at radius 3 is 2.85 bits per heavy atom. The van der Waals surface area contributed by atoms with Crippen molar-refractivity contribution in [1.82, 2.24) is 9.55 Å². The zero-order valence-electron chi connectivity index (χ0n) is 7.18. The normalized spacial score (nSPS) is 10.5. The van der Waals surface area contributed by atoms with Crippen LogP contribution in [0.3, 0.4) is 0 Å². The average molecular weight is 193 g/mol. The third kappa shape index (κ3) is 1.96. The first-order valence-corrected chi connectivity index (χ1v) is 4.93. The van der Waals surface area contributed by atoms with Gasteiger partial charge in [-0.1, -0.05) is 0 Å². The number of hydrogen-bond acceptors (Lipinski definition) is 3. The van der Waals surface area contributed by atoms with E-state index in [0.717, 1.165) is 6.54 Å². The third-order valence-electron chi connectivity index (χ3n) is 1.82. The van der Waals surface area contributed by atoms with E-state index in [1.165, 1.54) is 9.75 Å². The lowest BCUT2D eigenvalue weighted by Crippen LogP contribution is -1.93. The second-order valence-corrected chi connectivity index (χ2v) is 4.06. The summed E-state index contributed by atoms with van der Waals surface area (Å²) in [6, 6.07) is 4.20. The molecule has 0 aliphatic rings. The van der Waals surface area contributed by atoms with Crippen LogP contribution in [0.25, 0.3) is 0 Å². The van der Waals surface area contributed by atoms with E-state index in [1.54, 1.807) is 17.5 Å². The van der Waals surface area contributed by atoms with Gasteiger partial charge in [0.15, 0.2) is 0 Å². The Morgan fingerprint density at radius 1 is 1.38 bits per heavy atom. The average Bonchev–Trinajstić information content (AvgIpc) is 2.76. The fourth-order valence-electron chi connectivity index (χ4n) is 1.18. The molecule has 2 N–H and O–H groups in total. The molecule has 0 aliphatic heterocycles. The van der Waals surface area contributed by atoms with Crippen LogP contribution in [0.1, 0.15) is 9.75 Å². The van der Waals surface area contributed by atoms with Crippen LogP contribution < -0.4 is 5.73 Å². The van der Waals surface area contributed by atoms with E-state index in [1.807, 2.05) is 17.1 Å². The van der Waals surface area contributed by atoms with Gasteiger partial charge in [0.2, 0.25) is 0 Å². The highest BCUT2D eigenvalue weighted by molar-refractivity contribution is 7.11. The topological polar surface area (TPSA) is 43.8 Å². The molecule has 0 amide bonds. The first-order chi connectivity index (χ1) is 6.38. The molecule has 3 nitrogen and oxygen atoms in total. The van der Waals surface area contributed by atoms with Gasteiger partial charge in [-0.05, 0) is 12.1 Å². The van der Waals surface area contributed by atoms with Crippen LogP contribution in [-0.2, 0) is 13.1 Å². The van der Waals surface area contributed by atoms with Crippen LogP contribution in [0, 0.1) is 0 Å². The van der Waals surface area contributed by atoms with Crippen LogP contribution in [0.2, 0.25) is 0 Å². The highest BCUT2D eigenvalue weighted by Crippen LogP contribution is 2.16. The Hall–Kier alpha value is -1.13. The Balaban J connectivity index is 2.10. The van der Waals surface area contributed by atoms with E-state index >= 15 is 0 Å². The molecule has 0 aliphatic carbocycles. The number of hydrogen-bond donors (Lipinski definition) is 1. The summed E-state index contributed by atoms with van der Waals surface area (Å²) in [7, 11) is 0. The quantitative estimate of drug-likeness (QED) is 0.801. The van der Waals surface area contributed by atoms with E-state index in [-0.39, 0.29) is 0 Å². The first kappa shape index (κ1) is 8.47. The Morgan fingerprint density at radius 2 is 2.23 bits per heavy atom. The highest BCUT2D eigenvalue weighted by atomic mass is 32.1. The van der Waals surface area contributed by atoms with Gasteiger partial charge in [0.1, 0.15) is 0 Å². The van der Waals surface area contributed by atoms with Crippen molar-refractivity contribution in [2.45, 2.75) is 13.1 Å². The van der Waals surface area contributed by atoms with Crippen molar-refractivity contribution >= 4 is 11.3 Å². The third-order valence-corrected chi connectivity index (χ3v) is 2.91. The van der Waals surface area contributed by atoms with Gasteiger partial charge in [0.25, 0.3) is 0 Å². The summed E-state index contributed by atoms with van der Waals surface area (Å²) < 4.78 is 2.05. The molecular weight excluding hydrogens is 182 g/mol. The molecule has 68 valence electrons. The second kappa shape index (κ2) is 3.72. The maximum absolute atomic E-state index is 5.53. The van der Waals surface area contributed by atoms with Crippen molar-refractivity contribution in [3.63, 3.8) is 0 Å². The maximum atomic E-state index is 5.53. The molecule has 0 bridgehead atoms. The fraction of sp³-hybridized carbons (Fsp3) is 0.222. The molecule has 2 aromatic heterocycles. The summed E-state index contributed by atoms with van der Waals surface area (Å²) >= 11 is 1.76. The molecule has 0 fully saturated rings. The van der Waals surface area contributed by atoms with Crippen molar-refractivity contribution in [3.05, 3.63) is 40.6 Å². The Kier molecular flexibility index (Phi) is 2.42. The minimum Gasteiger partial charge on any atom is -0.332 e. The summed E-state index contributed by atoms with van der Waals surface area (Å²) in [5, 5.41) is 0. The van der Waals surface area contributed by atoms with Crippen LogP contribution >= 0.6 is 11.3 Å². The van der Waals surface area contributed by atoms with Gasteiger partial charge in [-0.3, -0.25) is 0 Å². The molecule has 0 saturated carbocycles. The molecule has 2 rings (SSSR count). The van der Waals surface area contributed by atoms with Crippen LogP contribution in [0.15, 0.2) is 30.9 Å². The number of rotatable bonds is 3. The standard InChI is InChI=1S/C9H11N3S/c10-5-8-1-2-9(13-8)6-12-4-3-11-7-12/h1-4,7H,5-6,10H2. The highest BCUT2D eigenvalue weighted by Gasteiger charge is 1.98. The maximum Gasteiger partial charge on any atom is 0.0949 e. The van der Waals surface area contributed by atoms with Gasteiger partial charge in [-0.2, -0.15) is 0 Å². The number of nitrogens with zero attached hydrogens (tertiary/aromatic N) is 2. The summed E-state index contributed by atoms with van der Waals surface area (Å²) in [5.74, 6) is 0. The van der Waals surface area contributed by atoms with E-state index in [2.05, 4.69) is 17.1 Å². The van der Waals surface area contributed by atoms with Gasteiger partial charge in [0.05, 0.1) is 12.9 Å². The van der Waals surface area contributed by atoms with Crippen molar-refractivity contribution in [1.29, 1.82) is 0 Å². The van der Waals surface area contributed by atoms with Crippen LogP contribution in [-0.4, -0.2) is 9.55 Å². The number of aromatic nitrogens is 2. The second-order valence-electron chi connectivity index (χ2n) is 2.81. The summed E-state index contributed by atoms with van der Waals surface area (Å²) in [5.41, 5.74) is 5.53. The zero-order chi connectivity index (χ0) is 9.10. The largest absolute Gasteiger partial charge is 0.332 e. The Bertz CT molecular complexity index is 364. The van der Waals surface area contributed by atoms with E-state index in [0.29, 0.717) is 6.54 Å². The van der Waals surface area contributed by atoms with E-state index in [9.17, 15) is 0 Å². The summed E-state index contributed by atoms with van der Waals surface area (Å²) in [6.45, 7) is 1.53. The molecule has 0 saturated heterocycles. The lowest BCUT2D eigenvalue weighted by molar-refractivity contribution is 0.810. The Labute approximate surface area is 80.8 Å². The van der Waals surface area contributed by atoms with Crippen LogP contribution in [0.4, 0.5) is 0 Å². The number of imidazole rings is 1. The van der Waals surface area contributed by atoms with Gasteiger partial charge in [0, 0.05) is 28.7 Å². The van der Waals surface area contributed by atoms with E-state index in [4.69, 9.17) is 5.73 Å². The van der Waals surface area contributed by atoms with Gasteiger partial charge in [-0.15, -0.1) is 11.3 Å². The molecule has 4 heteroatoms. The van der Waals surface area contributed by atoms with Gasteiger partial charge < -0.3 is 10.3 Å². The number of nitrogens with two attached hydrogens (primary N) is 1. The predicted octanol–water partition coefficient (Wildman–Crippen LogP) is 1.45. The number of thiophene rings is 1. The van der Waals surface area contributed by atoms with E-state index < -0.39 is 0 Å². The van der Waals surface area contributed by atoms with Crippen molar-refractivity contribution in [3.8, 4) is 0 Å². The fourth-order valence-corrected chi connectivity index (χ4v) is 2.08. The van der Waals surface area contributed by atoms with Gasteiger partial charge >= 0.3 is 0 Å². The first-order valence-electron chi connectivity index (χ1n) is 4.12. The smallest absolute Gasteiger partial charge is 0.0949 e. The molecule has 2 heterocycles. The molecule has 2 aromatic rings. The molecule has 0 spiro atoms. The minimum atomic E-state index is 0.634. The summed E-state index contributed by atoms with van der Waals surface area (Å²) in [4.78, 5) is 6.54. The lowest BCUT2D eigenvalue weighted by Gasteiger charge is -1.96.